The third-order valence-electron chi connectivity index (χ3n) is 2.89. The van der Waals surface area contributed by atoms with Crippen LogP contribution in [0.4, 0.5) is 18.9 Å². The van der Waals surface area contributed by atoms with Gasteiger partial charge in [0.2, 0.25) is 10.0 Å². The lowest BCUT2D eigenvalue weighted by atomic mass is 10.2. The van der Waals surface area contributed by atoms with Gasteiger partial charge in [0.05, 0.1) is 17.0 Å². The van der Waals surface area contributed by atoms with Crippen molar-refractivity contribution in [3.05, 3.63) is 28.2 Å². The number of hydrogen-bond donors (Lipinski definition) is 0. The average molecular weight is 358 g/mol. The van der Waals surface area contributed by atoms with Gasteiger partial charge in [-0.15, -0.1) is 0 Å². The zero-order valence-electron chi connectivity index (χ0n) is 9.74. The Morgan fingerprint density at radius 3 is 2.47 bits per heavy atom. The number of anilines is 1. The normalized spacial score (nSPS) is 19.5. The van der Waals surface area contributed by atoms with Crippen LogP contribution in [0.5, 0.6) is 0 Å². The predicted octanol–water partition coefficient (Wildman–Crippen LogP) is 3.40. The molecule has 19 heavy (non-hydrogen) atoms. The Hall–Kier alpha value is -0.760. The van der Waals surface area contributed by atoms with Crippen LogP contribution >= 0.6 is 15.9 Å². The maximum absolute atomic E-state index is 12.7. The summed E-state index contributed by atoms with van der Waals surface area (Å²) in [6.45, 7) is 0.211. The number of sulfonamides is 1. The second-order valence-corrected chi connectivity index (χ2v) is 7.13. The van der Waals surface area contributed by atoms with Gasteiger partial charge >= 0.3 is 6.18 Å². The van der Waals surface area contributed by atoms with Crippen LogP contribution in [0.3, 0.4) is 0 Å². The van der Waals surface area contributed by atoms with E-state index in [0.717, 1.165) is 16.4 Å². The Morgan fingerprint density at radius 1 is 1.21 bits per heavy atom. The van der Waals surface area contributed by atoms with E-state index in [1.807, 2.05) is 0 Å². The first-order valence-electron chi connectivity index (χ1n) is 5.59. The number of nitrogens with zero attached hydrogens (tertiary/aromatic N) is 1. The third-order valence-corrected chi connectivity index (χ3v) is 5.42. The van der Waals surface area contributed by atoms with Gasteiger partial charge < -0.3 is 0 Å². The van der Waals surface area contributed by atoms with Crippen molar-refractivity contribution in [2.75, 3.05) is 16.6 Å². The van der Waals surface area contributed by atoms with Gasteiger partial charge in [0, 0.05) is 11.0 Å². The lowest BCUT2D eigenvalue weighted by molar-refractivity contribution is -0.137. The van der Waals surface area contributed by atoms with Crippen LogP contribution in [0, 0.1) is 0 Å². The van der Waals surface area contributed by atoms with Crippen molar-refractivity contribution >= 4 is 31.6 Å². The molecule has 0 amide bonds. The molecule has 1 saturated heterocycles. The molecule has 1 heterocycles. The molecule has 1 aromatic carbocycles. The van der Waals surface area contributed by atoms with Gasteiger partial charge in [-0.25, -0.2) is 8.42 Å². The van der Waals surface area contributed by atoms with E-state index < -0.39 is 21.8 Å². The lowest BCUT2D eigenvalue weighted by Gasteiger charge is -2.29. The molecule has 3 nitrogen and oxygen atoms in total. The Morgan fingerprint density at radius 2 is 1.89 bits per heavy atom. The Balaban J connectivity index is 2.49. The molecular weight excluding hydrogens is 347 g/mol. The van der Waals surface area contributed by atoms with Crippen molar-refractivity contribution < 1.29 is 21.6 Å². The van der Waals surface area contributed by atoms with E-state index >= 15 is 0 Å². The maximum Gasteiger partial charge on any atom is 0.416 e. The van der Waals surface area contributed by atoms with Crippen LogP contribution in [0.25, 0.3) is 0 Å². The fourth-order valence-electron chi connectivity index (χ4n) is 1.94. The minimum atomic E-state index is -4.49. The van der Waals surface area contributed by atoms with Crippen LogP contribution in [0.1, 0.15) is 18.4 Å². The number of hydrogen-bond acceptors (Lipinski definition) is 2. The van der Waals surface area contributed by atoms with Crippen LogP contribution in [-0.4, -0.2) is 20.7 Å². The number of alkyl halides is 3. The molecule has 0 aromatic heterocycles. The van der Waals surface area contributed by atoms with E-state index in [2.05, 4.69) is 15.9 Å². The number of halogens is 4. The van der Waals surface area contributed by atoms with Gasteiger partial charge in [0.1, 0.15) is 0 Å². The van der Waals surface area contributed by atoms with Crippen molar-refractivity contribution in [1.29, 1.82) is 0 Å². The Kier molecular flexibility index (Phi) is 3.83. The van der Waals surface area contributed by atoms with Gasteiger partial charge in [0.15, 0.2) is 0 Å². The van der Waals surface area contributed by atoms with Crippen LogP contribution in [0.15, 0.2) is 22.7 Å². The molecule has 0 atom stereocenters. The molecule has 8 heteroatoms. The molecule has 0 saturated carbocycles. The second-order valence-electron chi connectivity index (χ2n) is 4.26. The molecule has 1 aliphatic rings. The van der Waals surface area contributed by atoms with Gasteiger partial charge in [-0.3, -0.25) is 4.31 Å². The molecule has 0 aliphatic carbocycles. The van der Waals surface area contributed by atoms with Crippen LogP contribution < -0.4 is 4.31 Å². The summed E-state index contributed by atoms with van der Waals surface area (Å²) in [5.41, 5.74) is -0.805. The highest BCUT2D eigenvalue weighted by Crippen LogP contribution is 2.37. The van der Waals surface area contributed by atoms with Crippen molar-refractivity contribution in [3.63, 3.8) is 0 Å². The first kappa shape index (κ1) is 14.6. The monoisotopic (exact) mass is 357 g/mol. The number of benzene rings is 1. The summed E-state index contributed by atoms with van der Waals surface area (Å²) < 4.78 is 63.3. The lowest BCUT2D eigenvalue weighted by Crippen LogP contribution is -2.38. The summed E-state index contributed by atoms with van der Waals surface area (Å²) in [5.74, 6) is -0.0321. The van der Waals surface area contributed by atoms with Gasteiger partial charge in [-0.05, 0) is 47.0 Å². The molecule has 1 aromatic rings. The minimum Gasteiger partial charge on any atom is -0.269 e. The van der Waals surface area contributed by atoms with E-state index in [4.69, 9.17) is 0 Å². The van der Waals surface area contributed by atoms with Gasteiger partial charge in [-0.1, -0.05) is 0 Å². The van der Waals surface area contributed by atoms with Crippen molar-refractivity contribution in [3.8, 4) is 0 Å². The summed E-state index contributed by atoms with van der Waals surface area (Å²) >= 11 is 3.11. The molecule has 106 valence electrons. The van der Waals surface area contributed by atoms with E-state index in [1.165, 1.54) is 6.07 Å². The molecule has 0 unspecified atom stereocenters. The maximum atomic E-state index is 12.7. The summed E-state index contributed by atoms with van der Waals surface area (Å²) in [5, 5.41) is 0. The topological polar surface area (TPSA) is 37.4 Å². The SMILES string of the molecule is O=S1(=O)CCCCN1c1cc(C(F)(F)F)ccc1Br. The number of rotatable bonds is 1. The first-order chi connectivity index (χ1) is 8.72. The summed E-state index contributed by atoms with van der Waals surface area (Å²) in [7, 11) is -3.53. The fourth-order valence-corrected chi connectivity index (χ4v) is 4.16. The summed E-state index contributed by atoms with van der Waals surface area (Å²) in [6, 6.07) is 3.01. The summed E-state index contributed by atoms with van der Waals surface area (Å²) in [6.07, 6.45) is -3.31. The zero-order valence-corrected chi connectivity index (χ0v) is 12.1. The highest BCUT2D eigenvalue weighted by atomic mass is 79.9. The highest BCUT2D eigenvalue weighted by molar-refractivity contribution is 9.10. The van der Waals surface area contributed by atoms with E-state index in [-0.39, 0.29) is 18.0 Å². The molecule has 0 radical (unpaired) electrons. The second kappa shape index (κ2) is 4.97. The molecule has 1 aliphatic heterocycles. The van der Waals surface area contributed by atoms with E-state index in [9.17, 15) is 21.6 Å². The van der Waals surface area contributed by atoms with Gasteiger partial charge in [0.25, 0.3) is 0 Å². The van der Waals surface area contributed by atoms with Crippen molar-refractivity contribution in [2.24, 2.45) is 0 Å². The van der Waals surface area contributed by atoms with Crippen molar-refractivity contribution in [1.82, 2.24) is 0 Å². The standard InChI is InChI=1S/C11H11BrF3NO2S/c12-9-4-3-8(11(13,14)15)7-10(9)16-5-1-2-6-19(16,17)18/h3-4,7H,1-2,5-6H2. The predicted molar refractivity (Wildman–Crippen MR) is 69.5 cm³/mol. The molecule has 0 spiro atoms. The molecular formula is C11H11BrF3NO2S. The zero-order chi connectivity index (χ0) is 14.3. The highest BCUT2D eigenvalue weighted by Gasteiger charge is 2.33. The fraction of sp³-hybridized carbons (Fsp3) is 0.455. The van der Waals surface area contributed by atoms with Gasteiger partial charge in [-0.2, -0.15) is 13.2 Å². The molecule has 0 bridgehead atoms. The van der Waals surface area contributed by atoms with Crippen molar-refractivity contribution in [2.45, 2.75) is 19.0 Å². The third kappa shape index (κ3) is 3.05. The van der Waals surface area contributed by atoms with E-state index in [0.29, 0.717) is 17.3 Å². The Labute approximate surface area is 117 Å². The van der Waals surface area contributed by atoms with Crippen LogP contribution in [-0.2, 0) is 16.2 Å². The minimum absolute atomic E-state index is 0.0321. The molecule has 0 N–H and O–H groups in total. The molecule has 2 rings (SSSR count). The first-order valence-corrected chi connectivity index (χ1v) is 7.99. The largest absolute Gasteiger partial charge is 0.416 e. The summed E-state index contributed by atoms with van der Waals surface area (Å²) in [4.78, 5) is 0. The smallest absolute Gasteiger partial charge is 0.269 e. The average Bonchev–Trinajstić information content (AvgIpc) is 2.28. The van der Waals surface area contributed by atoms with E-state index in [1.54, 1.807) is 0 Å². The molecule has 1 fully saturated rings. The van der Waals surface area contributed by atoms with Crippen LogP contribution in [0.2, 0.25) is 0 Å². The Bertz CT molecular complexity index is 586. The quantitative estimate of drug-likeness (QED) is 0.772.